The third kappa shape index (κ3) is 2.70. The highest BCUT2D eigenvalue weighted by atomic mass is 14.7. The van der Waals surface area contributed by atoms with Gasteiger partial charge in [0.05, 0.1) is 5.52 Å². The van der Waals surface area contributed by atoms with E-state index in [1.807, 2.05) is 6.07 Å². The molecule has 0 bridgehead atoms. The van der Waals surface area contributed by atoms with Gasteiger partial charge in [-0.05, 0) is 50.2 Å². The minimum Gasteiger partial charge on any atom is -0.327 e. The average Bonchev–Trinajstić information content (AvgIpc) is 3.23. The topological polar surface area (TPSA) is 38.9 Å². The molecule has 1 saturated carbocycles. The fourth-order valence-corrected chi connectivity index (χ4v) is 2.53. The van der Waals surface area contributed by atoms with E-state index in [-0.39, 0.29) is 0 Å². The summed E-state index contributed by atoms with van der Waals surface area (Å²) in [5, 5.41) is 1.22. The van der Waals surface area contributed by atoms with Crippen LogP contribution in [-0.4, -0.2) is 11.0 Å². The maximum Gasteiger partial charge on any atom is 0.0705 e. The number of hydrogen-bond donors (Lipinski definition) is 1. The van der Waals surface area contributed by atoms with Gasteiger partial charge in [-0.3, -0.25) is 4.98 Å². The van der Waals surface area contributed by atoms with Crippen molar-refractivity contribution < 1.29 is 0 Å². The van der Waals surface area contributed by atoms with Gasteiger partial charge in [0.2, 0.25) is 0 Å². The molecular formula is C16H20N2. The van der Waals surface area contributed by atoms with Gasteiger partial charge in [-0.1, -0.05) is 24.3 Å². The molecule has 1 aromatic carbocycles. The summed E-state index contributed by atoms with van der Waals surface area (Å²) in [6.45, 7) is 0. The highest BCUT2D eigenvalue weighted by Gasteiger charge is 2.27. The summed E-state index contributed by atoms with van der Waals surface area (Å²) in [5.74, 6) is 0.814. The fourth-order valence-electron chi connectivity index (χ4n) is 2.53. The van der Waals surface area contributed by atoms with E-state index in [0.29, 0.717) is 6.04 Å². The Morgan fingerprint density at radius 1 is 1.17 bits per heavy atom. The summed E-state index contributed by atoms with van der Waals surface area (Å²) in [6, 6.07) is 13.0. The van der Waals surface area contributed by atoms with Crippen molar-refractivity contribution in [2.75, 3.05) is 0 Å². The molecule has 3 rings (SSSR count). The molecule has 1 aromatic heterocycles. The number of para-hydroxylation sites is 1. The number of benzene rings is 1. The van der Waals surface area contributed by atoms with Crippen LogP contribution >= 0.6 is 0 Å². The third-order valence-corrected chi connectivity index (χ3v) is 3.85. The molecule has 2 nitrogen and oxygen atoms in total. The van der Waals surface area contributed by atoms with Crippen LogP contribution in [0.15, 0.2) is 36.4 Å². The Kier molecular flexibility index (Phi) is 3.28. The first-order valence-corrected chi connectivity index (χ1v) is 6.93. The molecule has 2 aromatic rings. The number of nitrogens with two attached hydrogens (primary N) is 1. The van der Waals surface area contributed by atoms with E-state index < -0.39 is 0 Å². The van der Waals surface area contributed by atoms with Gasteiger partial charge in [0.15, 0.2) is 0 Å². The molecule has 0 spiro atoms. The van der Waals surface area contributed by atoms with Crippen LogP contribution in [-0.2, 0) is 6.42 Å². The van der Waals surface area contributed by atoms with E-state index in [1.165, 1.54) is 23.9 Å². The maximum atomic E-state index is 6.11. The second kappa shape index (κ2) is 5.07. The Balaban J connectivity index is 1.60. The van der Waals surface area contributed by atoms with Crippen molar-refractivity contribution >= 4 is 10.9 Å². The van der Waals surface area contributed by atoms with Gasteiger partial charge in [-0.15, -0.1) is 0 Å². The zero-order chi connectivity index (χ0) is 12.4. The van der Waals surface area contributed by atoms with Crippen LogP contribution in [0.5, 0.6) is 0 Å². The number of fused-ring (bicyclic) bond motifs is 1. The van der Waals surface area contributed by atoms with Crippen molar-refractivity contribution in [3.8, 4) is 0 Å². The predicted octanol–water partition coefficient (Wildman–Crippen LogP) is 3.29. The van der Waals surface area contributed by atoms with E-state index >= 15 is 0 Å². The molecule has 0 aliphatic heterocycles. The maximum absolute atomic E-state index is 6.11. The van der Waals surface area contributed by atoms with Crippen LogP contribution in [0.4, 0.5) is 0 Å². The lowest BCUT2D eigenvalue weighted by Crippen LogP contribution is -2.22. The summed E-state index contributed by atoms with van der Waals surface area (Å²) >= 11 is 0. The molecule has 2 N–H and O–H groups in total. The first kappa shape index (κ1) is 11.7. The first-order valence-electron chi connectivity index (χ1n) is 6.93. The molecule has 0 amide bonds. The molecule has 1 aliphatic rings. The average molecular weight is 240 g/mol. The molecule has 0 radical (unpaired) electrons. The van der Waals surface area contributed by atoms with E-state index in [9.17, 15) is 0 Å². The third-order valence-electron chi connectivity index (χ3n) is 3.85. The molecule has 94 valence electrons. The van der Waals surface area contributed by atoms with Crippen molar-refractivity contribution in [2.45, 2.75) is 38.1 Å². The van der Waals surface area contributed by atoms with Crippen LogP contribution in [0, 0.1) is 5.92 Å². The van der Waals surface area contributed by atoms with Gasteiger partial charge in [0.1, 0.15) is 0 Å². The number of aromatic nitrogens is 1. The zero-order valence-corrected chi connectivity index (χ0v) is 10.7. The SMILES string of the molecule is NC(CCCc1ccc2ccccc2n1)C1CC1. The first-order chi connectivity index (χ1) is 8.83. The summed E-state index contributed by atoms with van der Waals surface area (Å²) in [4.78, 5) is 4.69. The molecule has 1 unspecified atom stereocenters. The van der Waals surface area contributed by atoms with Crippen LogP contribution < -0.4 is 5.73 Å². The van der Waals surface area contributed by atoms with E-state index in [4.69, 9.17) is 10.7 Å². The van der Waals surface area contributed by atoms with Gasteiger partial charge in [0, 0.05) is 17.1 Å². The number of pyridine rings is 1. The van der Waals surface area contributed by atoms with Gasteiger partial charge in [-0.25, -0.2) is 0 Å². The fraction of sp³-hybridized carbons (Fsp3) is 0.438. The second-order valence-corrected chi connectivity index (χ2v) is 5.39. The van der Waals surface area contributed by atoms with E-state index in [1.54, 1.807) is 0 Å². The summed E-state index contributed by atoms with van der Waals surface area (Å²) in [5.41, 5.74) is 8.40. The van der Waals surface area contributed by atoms with Gasteiger partial charge < -0.3 is 5.73 Å². The Bertz CT molecular complexity index is 531. The minimum absolute atomic E-state index is 0.422. The van der Waals surface area contributed by atoms with Crippen LogP contribution in [0.25, 0.3) is 10.9 Å². The lowest BCUT2D eigenvalue weighted by Gasteiger charge is -2.09. The van der Waals surface area contributed by atoms with Crippen molar-refractivity contribution in [1.29, 1.82) is 0 Å². The molecule has 1 atom stereocenters. The smallest absolute Gasteiger partial charge is 0.0705 e. The second-order valence-electron chi connectivity index (χ2n) is 5.39. The summed E-state index contributed by atoms with van der Waals surface area (Å²) in [6.07, 6.45) is 6.03. The molecule has 1 fully saturated rings. The van der Waals surface area contributed by atoms with E-state index in [2.05, 4.69) is 30.3 Å². The number of rotatable bonds is 5. The highest BCUT2D eigenvalue weighted by molar-refractivity contribution is 5.78. The highest BCUT2D eigenvalue weighted by Crippen LogP contribution is 2.33. The Morgan fingerprint density at radius 3 is 2.83 bits per heavy atom. The molecule has 0 saturated heterocycles. The van der Waals surface area contributed by atoms with Gasteiger partial charge in [-0.2, -0.15) is 0 Å². The molecule has 18 heavy (non-hydrogen) atoms. The number of aryl methyl sites for hydroxylation is 1. The zero-order valence-electron chi connectivity index (χ0n) is 10.7. The molecule has 1 heterocycles. The van der Waals surface area contributed by atoms with E-state index in [0.717, 1.165) is 30.7 Å². The van der Waals surface area contributed by atoms with Crippen molar-refractivity contribution in [2.24, 2.45) is 11.7 Å². The largest absolute Gasteiger partial charge is 0.327 e. The summed E-state index contributed by atoms with van der Waals surface area (Å²) in [7, 11) is 0. The molecule has 2 heteroatoms. The quantitative estimate of drug-likeness (QED) is 0.871. The molecule has 1 aliphatic carbocycles. The Hall–Kier alpha value is -1.41. The van der Waals surface area contributed by atoms with Crippen molar-refractivity contribution in [1.82, 2.24) is 4.98 Å². The van der Waals surface area contributed by atoms with Crippen LogP contribution in [0.2, 0.25) is 0 Å². The van der Waals surface area contributed by atoms with Gasteiger partial charge >= 0.3 is 0 Å². The van der Waals surface area contributed by atoms with Crippen LogP contribution in [0.1, 0.15) is 31.4 Å². The predicted molar refractivity (Wildman–Crippen MR) is 75.4 cm³/mol. The van der Waals surface area contributed by atoms with Crippen molar-refractivity contribution in [3.05, 3.63) is 42.1 Å². The van der Waals surface area contributed by atoms with Gasteiger partial charge in [0.25, 0.3) is 0 Å². The van der Waals surface area contributed by atoms with Crippen molar-refractivity contribution in [3.63, 3.8) is 0 Å². The van der Waals surface area contributed by atoms with Crippen LogP contribution in [0.3, 0.4) is 0 Å². The minimum atomic E-state index is 0.422. The standard InChI is InChI=1S/C16H20N2/c17-15(12-8-9-12)6-3-5-14-11-10-13-4-1-2-7-16(13)18-14/h1-2,4,7,10-12,15H,3,5-6,8-9,17H2. The normalized spacial score (nSPS) is 16.9. The molecular weight excluding hydrogens is 220 g/mol. The lowest BCUT2D eigenvalue weighted by atomic mass is 10.0. The Labute approximate surface area is 108 Å². The monoisotopic (exact) mass is 240 g/mol. The lowest BCUT2D eigenvalue weighted by molar-refractivity contribution is 0.527. The Morgan fingerprint density at radius 2 is 2.00 bits per heavy atom. The summed E-state index contributed by atoms with van der Waals surface area (Å²) < 4.78 is 0. The number of nitrogens with zero attached hydrogens (tertiary/aromatic N) is 1. The number of hydrogen-bond acceptors (Lipinski definition) is 2.